The number of hydrogen-bond acceptors (Lipinski definition) is 4. The molecule has 4 aromatic rings. The Bertz CT molecular complexity index is 1430. The van der Waals surface area contributed by atoms with Gasteiger partial charge in [0.25, 0.3) is 1.68 Å². The second-order valence-corrected chi connectivity index (χ2v) is 15.1. The van der Waals surface area contributed by atoms with Gasteiger partial charge >= 0.3 is 0 Å². The molecule has 0 unspecified atom stereocenters. The topological polar surface area (TPSA) is 51.0 Å². The summed E-state index contributed by atoms with van der Waals surface area (Å²) in [5.74, 6) is -0.122. The van der Waals surface area contributed by atoms with Gasteiger partial charge in [-0.15, -0.1) is 11.3 Å². The fraction of sp³-hybridized carbons (Fsp3) is 0.222. The second-order valence-electron chi connectivity index (χ2n) is 8.71. The van der Waals surface area contributed by atoms with Crippen molar-refractivity contribution in [1.29, 1.82) is 0 Å². The second kappa shape index (κ2) is 10.3. The molecular weight excluding hydrogens is 701 g/mol. The highest BCUT2D eigenvalue weighted by Crippen LogP contribution is 2.47. The molecule has 36 heavy (non-hydrogen) atoms. The number of nitrogens with zero attached hydrogens (tertiary/aromatic N) is 4. The van der Waals surface area contributed by atoms with E-state index in [4.69, 9.17) is 0 Å². The van der Waals surface area contributed by atoms with E-state index < -0.39 is 1.68 Å². The Morgan fingerprint density at radius 3 is 2.72 bits per heavy atom. The molecule has 3 aromatic heterocycles. The Kier molecular flexibility index (Phi) is 7.32. The summed E-state index contributed by atoms with van der Waals surface area (Å²) >= 11 is 5.30. The number of amides is 1. The van der Waals surface area contributed by atoms with E-state index in [1.165, 1.54) is 21.4 Å². The molecular formula is C27H23FI2N4OS. The van der Waals surface area contributed by atoms with Crippen LogP contribution in [0.4, 0.5) is 4.39 Å². The third-order valence-corrected chi connectivity index (χ3v) is 8.34. The average Bonchev–Trinajstić information content (AvgIpc) is 3.46. The van der Waals surface area contributed by atoms with Crippen LogP contribution in [0.5, 0.6) is 0 Å². The van der Waals surface area contributed by atoms with Crippen LogP contribution >= 0.6 is 56.5 Å². The van der Waals surface area contributed by atoms with Gasteiger partial charge in [0.15, 0.2) is 0 Å². The van der Waals surface area contributed by atoms with E-state index in [0.29, 0.717) is 25.3 Å². The van der Waals surface area contributed by atoms with Crippen LogP contribution in [0.3, 0.4) is 0 Å². The predicted molar refractivity (Wildman–Crippen MR) is 158 cm³/mol. The zero-order valence-corrected chi connectivity index (χ0v) is 24.6. The van der Waals surface area contributed by atoms with Crippen molar-refractivity contribution in [2.24, 2.45) is 0 Å². The Labute approximate surface area is 240 Å². The van der Waals surface area contributed by atoms with Crippen LogP contribution in [0.1, 0.15) is 38.2 Å². The summed E-state index contributed by atoms with van der Waals surface area (Å²) in [5, 5.41) is 4.66. The van der Waals surface area contributed by atoms with Crippen LogP contribution in [0, 0.1) is 6.92 Å². The molecule has 1 aromatic carbocycles. The lowest BCUT2D eigenvalue weighted by Crippen LogP contribution is -2.37. The molecule has 0 saturated carbocycles. The monoisotopic (exact) mass is 724 g/mol. The van der Waals surface area contributed by atoms with Gasteiger partial charge in [-0.05, 0) is 93.1 Å². The van der Waals surface area contributed by atoms with Gasteiger partial charge in [-0.3, -0.25) is 14.5 Å². The minimum Gasteiger partial charge on any atom is -0.333 e. The predicted octanol–water partition coefficient (Wildman–Crippen LogP) is 6.97. The van der Waals surface area contributed by atoms with Gasteiger partial charge in [0.2, 0.25) is 5.91 Å². The van der Waals surface area contributed by atoms with Crippen LogP contribution in [-0.2, 0) is 19.6 Å². The van der Waals surface area contributed by atoms with E-state index in [1.54, 1.807) is 67.4 Å². The summed E-state index contributed by atoms with van der Waals surface area (Å²) in [6.07, 6.45) is 5.02. The van der Waals surface area contributed by atoms with Crippen molar-refractivity contribution in [3.8, 4) is 11.1 Å². The molecule has 0 N–H and O–H groups in total. The maximum atomic E-state index is 15.5. The summed E-state index contributed by atoms with van der Waals surface area (Å²) in [4.78, 5) is 21.2. The van der Waals surface area contributed by atoms with Gasteiger partial charge in [0.1, 0.15) is 5.69 Å². The van der Waals surface area contributed by atoms with Crippen LogP contribution in [-0.4, -0.2) is 32.1 Å². The fourth-order valence-corrected chi connectivity index (χ4v) is 6.64. The average molecular weight is 724 g/mol. The molecule has 0 spiro atoms. The molecule has 0 fully saturated rings. The molecule has 0 saturated heterocycles. The standard InChI is InChI=1S/C27H23FI2N4OS/c1-3-25(35)33-14-22(21-12-17(2)36-24(21)16-33)19-9-4-5-10-20(19)23-15-34(32-26(23)27(28,29)30)13-18-8-6-7-11-31-18/h3-12,15,22H,1,13-14,16H2,2H3/t22-/m0/s1. The first-order valence-corrected chi connectivity index (χ1v) is 14.4. The Hall–Kier alpha value is -2.12. The van der Waals surface area contributed by atoms with Gasteiger partial charge < -0.3 is 4.90 Å². The molecule has 1 aliphatic heterocycles. The van der Waals surface area contributed by atoms with Crippen LogP contribution in [0.25, 0.3) is 11.1 Å². The Balaban J connectivity index is 1.63. The summed E-state index contributed by atoms with van der Waals surface area (Å²) < 4.78 is 15.5. The first-order valence-electron chi connectivity index (χ1n) is 11.4. The number of pyridine rings is 1. The van der Waals surface area contributed by atoms with Crippen molar-refractivity contribution in [2.75, 3.05) is 6.54 Å². The summed E-state index contributed by atoms with van der Waals surface area (Å²) in [6, 6.07) is 16.0. The van der Waals surface area contributed by atoms with E-state index in [1.807, 2.05) is 47.5 Å². The van der Waals surface area contributed by atoms with E-state index in [9.17, 15) is 4.79 Å². The third kappa shape index (κ3) is 5.14. The van der Waals surface area contributed by atoms with Crippen molar-refractivity contribution in [2.45, 2.75) is 27.6 Å². The number of thiophene rings is 1. The number of carbonyl (C=O) groups excluding carboxylic acids is 1. The first kappa shape index (κ1) is 25.5. The number of aromatic nitrogens is 3. The van der Waals surface area contributed by atoms with Crippen molar-refractivity contribution < 1.29 is 9.18 Å². The number of benzene rings is 1. The van der Waals surface area contributed by atoms with E-state index in [2.05, 4.69) is 35.7 Å². The molecule has 5 rings (SSSR count). The number of fused-ring (bicyclic) bond motifs is 1. The normalized spacial score (nSPS) is 15.6. The first-order chi connectivity index (χ1) is 17.2. The maximum absolute atomic E-state index is 15.5. The lowest BCUT2D eigenvalue weighted by atomic mass is 9.83. The van der Waals surface area contributed by atoms with E-state index in [0.717, 1.165) is 22.4 Å². The maximum Gasteiger partial charge on any atom is 0.254 e. The molecule has 0 radical (unpaired) electrons. The largest absolute Gasteiger partial charge is 0.333 e. The molecule has 1 atom stereocenters. The van der Waals surface area contributed by atoms with Gasteiger partial charge in [-0.1, -0.05) is 36.9 Å². The molecule has 9 heteroatoms. The minimum absolute atomic E-state index is 0.0387. The van der Waals surface area contributed by atoms with Crippen molar-refractivity contribution in [1.82, 2.24) is 19.7 Å². The molecule has 5 nitrogen and oxygen atoms in total. The highest BCUT2D eigenvalue weighted by molar-refractivity contribution is 14.2. The quantitative estimate of drug-likeness (QED) is 0.123. The molecule has 0 bridgehead atoms. The van der Waals surface area contributed by atoms with E-state index >= 15 is 4.39 Å². The van der Waals surface area contributed by atoms with Gasteiger partial charge in [0.05, 0.1) is 18.8 Å². The number of alkyl halides is 3. The number of hydrogen-bond donors (Lipinski definition) is 0. The number of aryl methyl sites for hydroxylation is 1. The molecule has 1 amide bonds. The molecule has 1 aliphatic rings. The molecule has 0 aliphatic carbocycles. The smallest absolute Gasteiger partial charge is 0.254 e. The van der Waals surface area contributed by atoms with Crippen LogP contribution in [0.15, 0.2) is 73.6 Å². The highest BCUT2D eigenvalue weighted by atomic mass is 127. The Morgan fingerprint density at radius 2 is 2.00 bits per heavy atom. The molecule has 4 heterocycles. The lowest BCUT2D eigenvalue weighted by molar-refractivity contribution is -0.127. The highest BCUT2D eigenvalue weighted by Gasteiger charge is 2.35. The van der Waals surface area contributed by atoms with Crippen molar-refractivity contribution in [3.05, 3.63) is 106 Å². The van der Waals surface area contributed by atoms with Crippen LogP contribution < -0.4 is 0 Å². The van der Waals surface area contributed by atoms with Gasteiger partial charge in [-0.2, -0.15) is 5.10 Å². The van der Waals surface area contributed by atoms with Crippen molar-refractivity contribution in [3.63, 3.8) is 0 Å². The van der Waals surface area contributed by atoms with Gasteiger partial charge in [0, 0.05) is 40.2 Å². The zero-order chi connectivity index (χ0) is 25.4. The zero-order valence-electron chi connectivity index (χ0n) is 19.5. The number of halogens is 3. The summed E-state index contributed by atoms with van der Waals surface area (Å²) in [7, 11) is 0. The minimum atomic E-state index is -1.70. The fourth-order valence-electron chi connectivity index (χ4n) is 4.73. The lowest BCUT2D eigenvalue weighted by Gasteiger charge is -2.33. The Morgan fingerprint density at radius 1 is 1.22 bits per heavy atom. The summed E-state index contributed by atoms with van der Waals surface area (Å²) in [5.41, 5.74) is 5.16. The SMILES string of the molecule is C=CC(=O)N1Cc2sc(C)cc2[C@H](c2ccccc2-c2cn(Cc3ccccn3)nc2C(F)(I)I)C1. The van der Waals surface area contributed by atoms with Crippen molar-refractivity contribution >= 4 is 62.4 Å². The number of carbonyl (C=O) groups is 1. The van der Waals surface area contributed by atoms with Crippen LogP contribution in [0.2, 0.25) is 0 Å². The number of rotatable bonds is 6. The third-order valence-electron chi connectivity index (χ3n) is 6.27. The summed E-state index contributed by atoms with van der Waals surface area (Å²) in [6.45, 7) is 7.35. The van der Waals surface area contributed by atoms with E-state index in [-0.39, 0.29) is 11.8 Å². The molecule has 184 valence electrons. The van der Waals surface area contributed by atoms with Gasteiger partial charge in [-0.25, -0.2) is 4.39 Å².